The van der Waals surface area contributed by atoms with Gasteiger partial charge in [-0.15, -0.1) is 0 Å². The Morgan fingerprint density at radius 3 is 2.38 bits per heavy atom. The van der Waals surface area contributed by atoms with Gasteiger partial charge >= 0.3 is 6.61 Å². The second-order valence-corrected chi connectivity index (χ2v) is 6.24. The summed E-state index contributed by atoms with van der Waals surface area (Å²) in [6.45, 7) is 5.38. The summed E-state index contributed by atoms with van der Waals surface area (Å²) >= 11 is 0. The lowest BCUT2D eigenvalue weighted by Gasteiger charge is -2.34. The second kappa shape index (κ2) is 7.71. The van der Waals surface area contributed by atoms with Crippen molar-refractivity contribution in [1.82, 2.24) is 5.32 Å². The van der Waals surface area contributed by atoms with E-state index >= 15 is 0 Å². The van der Waals surface area contributed by atoms with Crippen LogP contribution in [0, 0.1) is 5.41 Å². The number of hydrogen-bond acceptors (Lipinski definition) is 3. The van der Waals surface area contributed by atoms with Crippen molar-refractivity contribution in [3.8, 4) is 5.75 Å². The summed E-state index contributed by atoms with van der Waals surface area (Å²) in [5, 5.41) is 12.6. The number of halogens is 2. The van der Waals surface area contributed by atoms with Crippen LogP contribution < -0.4 is 10.1 Å². The highest BCUT2D eigenvalue weighted by Crippen LogP contribution is 2.29. The van der Waals surface area contributed by atoms with Crippen LogP contribution in [0.1, 0.15) is 45.7 Å². The first-order valence-electron chi connectivity index (χ1n) is 7.16. The average Bonchev–Trinajstić information content (AvgIpc) is 2.37. The number of hydrogen-bond donors (Lipinski definition) is 2. The quantitative estimate of drug-likeness (QED) is 0.806. The normalized spacial score (nSPS) is 15.0. The van der Waals surface area contributed by atoms with Gasteiger partial charge in [-0.05, 0) is 24.8 Å². The van der Waals surface area contributed by atoms with Gasteiger partial charge in [-0.25, -0.2) is 0 Å². The molecule has 1 aromatic rings. The average molecular weight is 301 g/mol. The zero-order valence-electron chi connectivity index (χ0n) is 13.1. The maximum Gasteiger partial charge on any atom is 0.387 e. The van der Waals surface area contributed by atoms with Crippen LogP contribution in [-0.2, 0) is 0 Å². The van der Waals surface area contributed by atoms with Crippen LogP contribution in [0.15, 0.2) is 24.3 Å². The van der Waals surface area contributed by atoms with E-state index in [2.05, 4.69) is 30.8 Å². The third-order valence-electron chi connectivity index (χ3n) is 3.52. The van der Waals surface area contributed by atoms with Gasteiger partial charge in [-0.3, -0.25) is 0 Å². The van der Waals surface area contributed by atoms with Crippen molar-refractivity contribution in [2.45, 2.75) is 52.8 Å². The van der Waals surface area contributed by atoms with Crippen molar-refractivity contribution < 1.29 is 18.6 Å². The first kappa shape index (κ1) is 17.9. The highest BCUT2D eigenvalue weighted by atomic mass is 19.3. The minimum absolute atomic E-state index is 0.0461. The number of rotatable bonds is 7. The monoisotopic (exact) mass is 301 g/mol. The zero-order valence-corrected chi connectivity index (χ0v) is 13.1. The molecule has 0 fully saturated rings. The topological polar surface area (TPSA) is 41.5 Å². The molecule has 0 saturated heterocycles. The van der Waals surface area contributed by atoms with Crippen LogP contribution in [0.2, 0.25) is 0 Å². The Morgan fingerprint density at radius 2 is 1.86 bits per heavy atom. The van der Waals surface area contributed by atoms with Gasteiger partial charge in [-0.1, -0.05) is 39.0 Å². The van der Waals surface area contributed by atoms with Crippen molar-refractivity contribution in [2.75, 3.05) is 6.61 Å². The molecule has 1 rings (SSSR count). The molecule has 1 aromatic carbocycles. The zero-order chi connectivity index (χ0) is 16.0. The number of aliphatic hydroxyl groups excluding tert-OH is 1. The van der Waals surface area contributed by atoms with E-state index in [4.69, 9.17) is 0 Å². The molecule has 0 radical (unpaired) electrons. The molecule has 0 spiro atoms. The van der Waals surface area contributed by atoms with Gasteiger partial charge in [0.25, 0.3) is 0 Å². The fourth-order valence-electron chi connectivity index (χ4n) is 2.33. The van der Waals surface area contributed by atoms with Crippen molar-refractivity contribution in [3.05, 3.63) is 29.8 Å². The minimum Gasteiger partial charge on any atom is -0.434 e. The van der Waals surface area contributed by atoms with Gasteiger partial charge in [0.15, 0.2) is 0 Å². The van der Waals surface area contributed by atoms with E-state index in [1.165, 1.54) is 6.07 Å². The van der Waals surface area contributed by atoms with Gasteiger partial charge in [0.1, 0.15) is 5.75 Å². The van der Waals surface area contributed by atoms with Crippen LogP contribution in [0.5, 0.6) is 5.75 Å². The molecule has 0 aromatic heterocycles. The van der Waals surface area contributed by atoms with E-state index in [1.807, 2.05) is 6.92 Å². The third-order valence-corrected chi connectivity index (χ3v) is 3.52. The molecule has 3 nitrogen and oxygen atoms in total. The summed E-state index contributed by atoms with van der Waals surface area (Å²) < 4.78 is 29.5. The number of para-hydroxylation sites is 1. The molecule has 0 heterocycles. The highest BCUT2D eigenvalue weighted by Gasteiger charge is 2.26. The maximum absolute atomic E-state index is 12.5. The van der Waals surface area contributed by atoms with Gasteiger partial charge in [0.05, 0.1) is 0 Å². The molecular formula is C16H25F2NO2. The lowest BCUT2D eigenvalue weighted by molar-refractivity contribution is -0.0507. The third kappa shape index (κ3) is 5.59. The fourth-order valence-corrected chi connectivity index (χ4v) is 2.33. The molecule has 0 saturated carbocycles. The van der Waals surface area contributed by atoms with Gasteiger partial charge in [-0.2, -0.15) is 8.78 Å². The Morgan fingerprint density at radius 1 is 1.24 bits per heavy atom. The molecule has 120 valence electrons. The summed E-state index contributed by atoms with van der Waals surface area (Å²) in [4.78, 5) is 0. The van der Waals surface area contributed by atoms with Gasteiger partial charge in [0, 0.05) is 24.3 Å². The van der Waals surface area contributed by atoms with Crippen LogP contribution >= 0.6 is 0 Å². The van der Waals surface area contributed by atoms with E-state index in [9.17, 15) is 13.9 Å². The van der Waals surface area contributed by atoms with E-state index in [-0.39, 0.29) is 29.9 Å². The first-order valence-corrected chi connectivity index (χ1v) is 7.16. The molecule has 0 aliphatic heterocycles. The second-order valence-electron chi connectivity index (χ2n) is 6.24. The summed E-state index contributed by atoms with van der Waals surface area (Å²) in [5.41, 5.74) is 0.639. The molecule has 0 aliphatic rings. The molecular weight excluding hydrogens is 276 g/mol. The summed E-state index contributed by atoms with van der Waals surface area (Å²) in [7, 11) is 0. The Labute approximate surface area is 125 Å². The summed E-state index contributed by atoms with van der Waals surface area (Å²) in [6, 6.07) is 6.69. The SMILES string of the molecule is CC(NC(CCO)C(C)(C)C)c1ccccc1OC(F)F. The molecule has 2 atom stereocenters. The smallest absolute Gasteiger partial charge is 0.387 e. The Bertz CT molecular complexity index is 433. The fraction of sp³-hybridized carbons (Fsp3) is 0.625. The standard InChI is InChI=1S/C16H25F2NO2/c1-11(19-14(9-10-20)16(2,3)4)12-7-5-6-8-13(12)21-15(17)18/h5-8,11,14-15,19-20H,9-10H2,1-4H3. The lowest BCUT2D eigenvalue weighted by Crippen LogP contribution is -2.42. The minimum atomic E-state index is -2.84. The molecule has 0 amide bonds. The molecule has 2 N–H and O–H groups in total. The number of benzene rings is 1. The van der Waals surface area contributed by atoms with Crippen LogP contribution in [0.25, 0.3) is 0 Å². The molecule has 21 heavy (non-hydrogen) atoms. The molecule has 5 heteroatoms. The number of aliphatic hydroxyl groups is 1. The van der Waals surface area contributed by atoms with Crippen LogP contribution in [-0.4, -0.2) is 24.4 Å². The Hall–Kier alpha value is -1.20. The van der Waals surface area contributed by atoms with Gasteiger partial charge < -0.3 is 15.2 Å². The largest absolute Gasteiger partial charge is 0.434 e. The Balaban J connectivity index is 2.89. The van der Waals surface area contributed by atoms with Gasteiger partial charge in [0.2, 0.25) is 0 Å². The van der Waals surface area contributed by atoms with Crippen molar-refractivity contribution in [3.63, 3.8) is 0 Å². The number of ether oxygens (including phenoxy) is 1. The Kier molecular flexibility index (Phi) is 6.55. The molecule has 2 unspecified atom stereocenters. The predicted octanol–water partition coefficient (Wildman–Crippen LogP) is 3.74. The molecule has 0 aliphatic carbocycles. The summed E-state index contributed by atoms with van der Waals surface area (Å²) in [6.07, 6.45) is 0.603. The summed E-state index contributed by atoms with van der Waals surface area (Å²) in [5.74, 6) is 0.184. The van der Waals surface area contributed by atoms with Crippen molar-refractivity contribution in [1.29, 1.82) is 0 Å². The predicted molar refractivity (Wildman–Crippen MR) is 79.6 cm³/mol. The highest BCUT2D eigenvalue weighted by molar-refractivity contribution is 5.35. The van der Waals surface area contributed by atoms with E-state index in [0.29, 0.717) is 12.0 Å². The number of nitrogens with one attached hydrogen (secondary N) is 1. The van der Waals surface area contributed by atoms with E-state index in [0.717, 1.165) is 0 Å². The molecule has 0 bridgehead atoms. The lowest BCUT2D eigenvalue weighted by atomic mass is 9.84. The van der Waals surface area contributed by atoms with Crippen molar-refractivity contribution in [2.24, 2.45) is 5.41 Å². The van der Waals surface area contributed by atoms with Crippen LogP contribution in [0.4, 0.5) is 8.78 Å². The van der Waals surface area contributed by atoms with E-state index in [1.54, 1.807) is 18.2 Å². The maximum atomic E-state index is 12.5. The van der Waals surface area contributed by atoms with Crippen molar-refractivity contribution >= 4 is 0 Å². The number of alkyl halides is 2. The van der Waals surface area contributed by atoms with E-state index < -0.39 is 6.61 Å². The van der Waals surface area contributed by atoms with Crippen LogP contribution in [0.3, 0.4) is 0 Å². The first-order chi connectivity index (χ1) is 9.75.